The standard InChI is InChI=1S/C20H22N2O5S/c1-11(2)27-13-8-6-12(7-9-13)10-21-17(23)18(24)22-19-16(20(25)26)14-4-3-5-15(14)28-19/h6-9,11H,3-5,10H2,1-2H3,(H,21,23)(H,22,24)(H,25,26). The Bertz CT molecular complexity index is 902. The summed E-state index contributed by atoms with van der Waals surface area (Å²) >= 11 is 1.24. The topological polar surface area (TPSA) is 105 Å². The fourth-order valence-corrected chi connectivity index (χ4v) is 4.38. The maximum absolute atomic E-state index is 12.2. The Morgan fingerprint density at radius 3 is 2.50 bits per heavy atom. The van der Waals surface area contributed by atoms with Gasteiger partial charge in [0.1, 0.15) is 10.8 Å². The molecule has 0 fully saturated rings. The van der Waals surface area contributed by atoms with E-state index in [9.17, 15) is 19.5 Å². The molecule has 3 N–H and O–H groups in total. The van der Waals surface area contributed by atoms with Gasteiger partial charge < -0.3 is 20.5 Å². The molecule has 0 saturated heterocycles. The molecule has 148 valence electrons. The molecule has 0 bridgehead atoms. The number of thiophene rings is 1. The summed E-state index contributed by atoms with van der Waals surface area (Å²) < 4.78 is 5.56. The molecule has 2 aromatic rings. The second-order valence-electron chi connectivity index (χ2n) is 6.81. The van der Waals surface area contributed by atoms with Gasteiger partial charge in [-0.25, -0.2) is 4.79 Å². The number of anilines is 1. The molecule has 1 heterocycles. The number of ether oxygens (including phenoxy) is 1. The summed E-state index contributed by atoms with van der Waals surface area (Å²) in [5.74, 6) is -2.04. The number of nitrogens with one attached hydrogen (secondary N) is 2. The van der Waals surface area contributed by atoms with E-state index in [2.05, 4.69) is 10.6 Å². The van der Waals surface area contributed by atoms with Crippen molar-refractivity contribution in [2.75, 3.05) is 5.32 Å². The Morgan fingerprint density at radius 2 is 1.86 bits per heavy atom. The van der Waals surface area contributed by atoms with Crippen molar-refractivity contribution in [1.82, 2.24) is 5.32 Å². The second-order valence-corrected chi connectivity index (χ2v) is 7.92. The van der Waals surface area contributed by atoms with Crippen molar-refractivity contribution in [3.05, 3.63) is 45.8 Å². The lowest BCUT2D eigenvalue weighted by Gasteiger charge is -2.10. The molecular weight excluding hydrogens is 380 g/mol. The Morgan fingerprint density at radius 1 is 1.14 bits per heavy atom. The summed E-state index contributed by atoms with van der Waals surface area (Å²) in [5.41, 5.74) is 1.70. The summed E-state index contributed by atoms with van der Waals surface area (Å²) in [6.45, 7) is 4.05. The van der Waals surface area contributed by atoms with Crippen molar-refractivity contribution in [3.63, 3.8) is 0 Å². The van der Waals surface area contributed by atoms with E-state index in [1.54, 1.807) is 12.1 Å². The number of hydrogen-bond donors (Lipinski definition) is 3. The molecule has 0 aliphatic heterocycles. The molecule has 8 heteroatoms. The van der Waals surface area contributed by atoms with Crippen LogP contribution in [-0.2, 0) is 29.0 Å². The first-order valence-electron chi connectivity index (χ1n) is 9.07. The van der Waals surface area contributed by atoms with Gasteiger partial charge in [-0.3, -0.25) is 9.59 Å². The van der Waals surface area contributed by atoms with Gasteiger partial charge in [-0.1, -0.05) is 12.1 Å². The number of aromatic carboxylic acids is 1. The largest absolute Gasteiger partial charge is 0.491 e. The van der Waals surface area contributed by atoms with E-state index in [1.165, 1.54) is 11.3 Å². The minimum atomic E-state index is -1.08. The molecule has 1 aliphatic carbocycles. The molecule has 0 saturated carbocycles. The molecule has 0 atom stereocenters. The van der Waals surface area contributed by atoms with Crippen molar-refractivity contribution < 1.29 is 24.2 Å². The number of carboxylic acid groups (broad SMARTS) is 1. The first kappa shape index (κ1) is 19.9. The van der Waals surface area contributed by atoms with E-state index in [-0.39, 0.29) is 23.2 Å². The summed E-state index contributed by atoms with van der Waals surface area (Å²) in [5, 5.41) is 14.7. The van der Waals surface area contributed by atoms with E-state index < -0.39 is 17.8 Å². The molecule has 1 aromatic heterocycles. The minimum absolute atomic E-state index is 0.0727. The van der Waals surface area contributed by atoms with Crippen LogP contribution in [0.15, 0.2) is 24.3 Å². The first-order chi connectivity index (χ1) is 13.3. The normalized spacial score (nSPS) is 12.5. The lowest BCUT2D eigenvalue weighted by molar-refractivity contribution is -0.136. The third-order valence-electron chi connectivity index (χ3n) is 4.32. The van der Waals surface area contributed by atoms with Crippen LogP contribution in [0.5, 0.6) is 5.75 Å². The number of carbonyl (C=O) groups is 3. The number of carboxylic acids is 1. The van der Waals surface area contributed by atoms with Crippen LogP contribution in [0.25, 0.3) is 0 Å². The third-order valence-corrected chi connectivity index (χ3v) is 5.52. The van der Waals surface area contributed by atoms with Gasteiger partial charge in [0, 0.05) is 11.4 Å². The summed E-state index contributed by atoms with van der Waals surface area (Å²) in [6, 6.07) is 7.21. The number of rotatable bonds is 6. The lowest BCUT2D eigenvalue weighted by atomic mass is 10.1. The van der Waals surface area contributed by atoms with E-state index in [0.717, 1.165) is 34.6 Å². The molecule has 7 nitrogen and oxygen atoms in total. The quantitative estimate of drug-likeness (QED) is 0.645. The maximum atomic E-state index is 12.2. The maximum Gasteiger partial charge on any atom is 0.339 e. The minimum Gasteiger partial charge on any atom is -0.491 e. The van der Waals surface area contributed by atoms with Gasteiger partial charge in [-0.15, -0.1) is 11.3 Å². The van der Waals surface area contributed by atoms with Crippen molar-refractivity contribution in [2.45, 2.75) is 45.8 Å². The van der Waals surface area contributed by atoms with Gasteiger partial charge in [0.05, 0.1) is 11.7 Å². The zero-order valence-electron chi connectivity index (χ0n) is 15.7. The van der Waals surface area contributed by atoms with Crippen molar-refractivity contribution >= 4 is 34.1 Å². The lowest BCUT2D eigenvalue weighted by Crippen LogP contribution is -2.35. The predicted octanol–water partition coefficient (Wildman–Crippen LogP) is 2.98. The van der Waals surface area contributed by atoms with Gasteiger partial charge in [0.2, 0.25) is 0 Å². The third kappa shape index (κ3) is 4.51. The highest BCUT2D eigenvalue weighted by molar-refractivity contribution is 7.17. The first-order valence-corrected chi connectivity index (χ1v) is 9.89. The molecule has 1 aliphatic rings. The van der Waals surface area contributed by atoms with Crippen LogP contribution in [-0.4, -0.2) is 29.0 Å². The smallest absolute Gasteiger partial charge is 0.339 e. The van der Waals surface area contributed by atoms with Gasteiger partial charge in [0.15, 0.2) is 0 Å². The number of fused-ring (bicyclic) bond motifs is 1. The average Bonchev–Trinajstić information content (AvgIpc) is 3.20. The number of hydrogen-bond acceptors (Lipinski definition) is 5. The van der Waals surface area contributed by atoms with Gasteiger partial charge in [-0.05, 0) is 56.4 Å². The van der Waals surface area contributed by atoms with Crippen LogP contribution in [0.4, 0.5) is 5.00 Å². The van der Waals surface area contributed by atoms with E-state index in [4.69, 9.17) is 4.74 Å². The zero-order valence-corrected chi connectivity index (χ0v) is 16.5. The molecule has 28 heavy (non-hydrogen) atoms. The highest BCUT2D eigenvalue weighted by atomic mass is 32.1. The fourth-order valence-electron chi connectivity index (χ4n) is 3.10. The van der Waals surface area contributed by atoms with Crippen LogP contribution in [0, 0.1) is 0 Å². The molecule has 3 rings (SSSR count). The van der Waals surface area contributed by atoms with Crippen molar-refractivity contribution in [3.8, 4) is 5.75 Å². The number of aryl methyl sites for hydroxylation is 1. The number of amides is 2. The molecule has 2 amide bonds. The highest BCUT2D eigenvalue weighted by Crippen LogP contribution is 2.39. The van der Waals surface area contributed by atoms with Crippen molar-refractivity contribution in [1.29, 1.82) is 0 Å². The number of benzene rings is 1. The molecule has 0 spiro atoms. The predicted molar refractivity (Wildman–Crippen MR) is 106 cm³/mol. The highest BCUT2D eigenvalue weighted by Gasteiger charge is 2.28. The van der Waals surface area contributed by atoms with Gasteiger partial charge >= 0.3 is 17.8 Å². The fraction of sp³-hybridized carbons (Fsp3) is 0.350. The monoisotopic (exact) mass is 402 g/mol. The van der Waals surface area contributed by atoms with Crippen LogP contribution < -0.4 is 15.4 Å². The Labute approximate surface area is 166 Å². The second kappa shape index (κ2) is 8.43. The Kier molecular flexibility index (Phi) is 5.99. The van der Waals surface area contributed by atoms with Crippen LogP contribution in [0.1, 0.15) is 46.6 Å². The van der Waals surface area contributed by atoms with E-state index in [0.29, 0.717) is 6.42 Å². The number of carbonyl (C=O) groups excluding carboxylic acids is 2. The Hall–Kier alpha value is -2.87. The van der Waals surface area contributed by atoms with Crippen LogP contribution >= 0.6 is 11.3 Å². The van der Waals surface area contributed by atoms with E-state index >= 15 is 0 Å². The van der Waals surface area contributed by atoms with Gasteiger partial charge in [-0.2, -0.15) is 0 Å². The molecule has 1 aromatic carbocycles. The van der Waals surface area contributed by atoms with Crippen LogP contribution in [0.3, 0.4) is 0 Å². The molecular formula is C20H22N2O5S. The van der Waals surface area contributed by atoms with Gasteiger partial charge in [0.25, 0.3) is 0 Å². The van der Waals surface area contributed by atoms with E-state index in [1.807, 2.05) is 26.0 Å². The molecule has 0 unspecified atom stereocenters. The zero-order chi connectivity index (χ0) is 20.3. The van der Waals surface area contributed by atoms with Crippen molar-refractivity contribution in [2.24, 2.45) is 0 Å². The average molecular weight is 402 g/mol. The summed E-state index contributed by atoms with van der Waals surface area (Å²) in [7, 11) is 0. The van der Waals surface area contributed by atoms with Crippen LogP contribution in [0.2, 0.25) is 0 Å². The Balaban J connectivity index is 1.58. The SMILES string of the molecule is CC(C)Oc1ccc(CNC(=O)C(=O)Nc2sc3c(c2C(=O)O)CCC3)cc1. The molecule has 0 radical (unpaired) electrons. The summed E-state index contributed by atoms with van der Waals surface area (Å²) in [4.78, 5) is 36.8. The summed E-state index contributed by atoms with van der Waals surface area (Å²) in [6.07, 6.45) is 2.48.